The fourth-order valence-electron chi connectivity index (χ4n) is 3.46. The number of benzene rings is 3. The second kappa shape index (κ2) is 8.61. The van der Waals surface area contributed by atoms with Crippen LogP contribution >= 0.6 is 0 Å². The van der Waals surface area contributed by atoms with Crippen molar-refractivity contribution >= 4 is 5.71 Å². The Labute approximate surface area is 173 Å². The number of rotatable bonds is 6. The van der Waals surface area contributed by atoms with Gasteiger partial charge >= 0.3 is 11.3 Å². The van der Waals surface area contributed by atoms with Crippen molar-refractivity contribution in [2.45, 2.75) is 19.8 Å². The summed E-state index contributed by atoms with van der Waals surface area (Å²) in [6.07, 6.45) is 2.07. The van der Waals surface area contributed by atoms with Gasteiger partial charge in [0.15, 0.2) is 0 Å². The lowest BCUT2D eigenvalue weighted by molar-refractivity contribution is -0.660. The minimum atomic E-state index is -0.459. The molecule has 0 amide bonds. The normalized spacial score (nSPS) is 11.6. The molecule has 1 heterocycles. The fraction of sp³-hybridized carbons (Fsp3) is 0.125. The highest BCUT2D eigenvalue weighted by Gasteiger charge is 2.25. The third-order valence-corrected chi connectivity index (χ3v) is 4.95. The Balaban J connectivity index is 1.66. The van der Waals surface area contributed by atoms with Gasteiger partial charge in [0.05, 0.1) is 11.3 Å². The highest BCUT2D eigenvalue weighted by Crippen LogP contribution is 2.16. The average molecular weight is 399 g/mol. The van der Waals surface area contributed by atoms with Crippen LogP contribution in [0.25, 0.3) is 16.9 Å². The molecule has 0 aliphatic heterocycles. The van der Waals surface area contributed by atoms with Gasteiger partial charge in [0.2, 0.25) is 5.69 Å². The van der Waals surface area contributed by atoms with Gasteiger partial charge in [-0.15, -0.1) is 0 Å². The molecule has 6 heteroatoms. The lowest BCUT2D eigenvalue weighted by Gasteiger charge is -2.10. The smallest absolute Gasteiger partial charge is 0.435 e. The van der Waals surface area contributed by atoms with Crippen LogP contribution in [0.5, 0.6) is 0 Å². The predicted octanol–water partition coefficient (Wildman–Crippen LogP) is 4.20. The van der Waals surface area contributed by atoms with Crippen LogP contribution in [0.1, 0.15) is 30.0 Å². The van der Waals surface area contributed by atoms with E-state index >= 15 is 0 Å². The Morgan fingerprint density at radius 1 is 0.967 bits per heavy atom. The number of aryl methyl sites for hydroxylation is 1. The van der Waals surface area contributed by atoms with Crippen LogP contribution < -0.4 is 10.3 Å². The minimum Gasteiger partial charge on any atom is -0.791 e. The molecule has 0 aliphatic rings. The van der Waals surface area contributed by atoms with Crippen molar-refractivity contribution in [1.82, 2.24) is 5.27 Å². The molecule has 0 aliphatic carbocycles. The van der Waals surface area contributed by atoms with Crippen molar-refractivity contribution in [3.05, 3.63) is 111 Å². The Kier molecular flexibility index (Phi) is 5.57. The number of nitrogens with zero attached hydrogens (tertiary/aromatic N) is 2. The summed E-state index contributed by atoms with van der Waals surface area (Å²) in [6, 6.07) is 24.4. The largest absolute Gasteiger partial charge is 0.791 e. The number of aromatic amines is 1. The van der Waals surface area contributed by atoms with Crippen LogP contribution in [-0.4, -0.2) is 11.0 Å². The Hall–Kier alpha value is -3.93. The van der Waals surface area contributed by atoms with Crippen LogP contribution in [0.15, 0.2) is 93.3 Å². The third kappa shape index (κ3) is 3.80. The van der Waals surface area contributed by atoms with E-state index in [9.17, 15) is 10.0 Å². The van der Waals surface area contributed by atoms with Gasteiger partial charge < -0.3 is 10.4 Å². The number of aromatic nitrogens is 2. The van der Waals surface area contributed by atoms with E-state index in [0.717, 1.165) is 24.0 Å². The van der Waals surface area contributed by atoms with Crippen LogP contribution in [0.3, 0.4) is 0 Å². The predicted molar refractivity (Wildman–Crippen MR) is 116 cm³/mol. The molecule has 0 radical (unpaired) electrons. The molecule has 0 spiro atoms. The molecule has 1 aromatic heterocycles. The summed E-state index contributed by atoms with van der Waals surface area (Å²) in [6.45, 7) is 2.13. The number of hydrogen-bond acceptors (Lipinski definition) is 4. The summed E-state index contributed by atoms with van der Waals surface area (Å²) < 4.78 is 6.59. The molecule has 30 heavy (non-hydrogen) atoms. The maximum Gasteiger partial charge on any atom is 0.435 e. The van der Waals surface area contributed by atoms with Gasteiger partial charge in [-0.25, -0.2) is 4.79 Å². The van der Waals surface area contributed by atoms with Gasteiger partial charge in [0.25, 0.3) is 0 Å². The Morgan fingerprint density at radius 2 is 1.60 bits per heavy atom. The Morgan fingerprint density at radius 3 is 2.20 bits per heavy atom. The van der Waals surface area contributed by atoms with E-state index in [4.69, 9.17) is 4.52 Å². The first-order valence-electron chi connectivity index (χ1n) is 9.80. The zero-order valence-electron chi connectivity index (χ0n) is 16.5. The third-order valence-electron chi connectivity index (χ3n) is 4.95. The topological polar surface area (TPSA) is 85.3 Å². The van der Waals surface area contributed by atoms with E-state index < -0.39 is 5.63 Å². The molecule has 4 aromatic rings. The van der Waals surface area contributed by atoms with Crippen molar-refractivity contribution < 1.29 is 9.20 Å². The molecule has 0 unspecified atom stereocenters. The standard InChI is InChI=1S/C24H21N3O3/c1-2-6-17-9-11-18(12-10-17)22(25-29)19-13-15-21(16-14-19)27-23(24(28)30-26-27)20-7-4-3-5-8-20/h3-5,7-16H,2,6H2,1H3,(H-,26,28,29). The van der Waals surface area contributed by atoms with Gasteiger partial charge in [-0.2, -0.15) is 0 Å². The van der Waals surface area contributed by atoms with Gasteiger partial charge in [-0.3, -0.25) is 4.52 Å². The SMILES string of the molecule is CCCc1ccc(/C(=N/[O-])c2ccc(-[n+]3[nH]oc(=O)c3-c3ccccc3)cc2)cc1. The van der Waals surface area contributed by atoms with Crippen LogP contribution in [0.2, 0.25) is 0 Å². The van der Waals surface area contributed by atoms with Gasteiger partial charge in [0, 0.05) is 17.7 Å². The van der Waals surface area contributed by atoms with E-state index in [1.807, 2.05) is 66.7 Å². The second-order valence-electron chi connectivity index (χ2n) is 6.96. The van der Waals surface area contributed by atoms with E-state index in [2.05, 4.69) is 17.4 Å². The second-order valence-corrected chi connectivity index (χ2v) is 6.96. The molecule has 0 fully saturated rings. The summed E-state index contributed by atoms with van der Waals surface area (Å²) in [5, 5.41) is 17.5. The summed E-state index contributed by atoms with van der Waals surface area (Å²) in [4.78, 5) is 12.2. The van der Waals surface area contributed by atoms with Gasteiger partial charge in [-0.05, 0) is 51.8 Å². The van der Waals surface area contributed by atoms with Crippen molar-refractivity contribution in [3.63, 3.8) is 0 Å². The summed E-state index contributed by atoms with van der Waals surface area (Å²) in [5.41, 5.74) is 4.45. The molecule has 1 N–H and O–H groups in total. The van der Waals surface area contributed by atoms with Crippen molar-refractivity contribution in [3.8, 4) is 16.9 Å². The van der Waals surface area contributed by atoms with Crippen LogP contribution in [-0.2, 0) is 6.42 Å². The highest BCUT2D eigenvalue weighted by atomic mass is 16.5. The summed E-state index contributed by atoms with van der Waals surface area (Å²) >= 11 is 0. The number of nitrogens with one attached hydrogen (secondary N) is 1. The van der Waals surface area contributed by atoms with E-state index in [0.29, 0.717) is 22.7 Å². The lowest BCUT2D eigenvalue weighted by Crippen LogP contribution is -2.36. The Bertz CT molecular complexity index is 1210. The first-order chi connectivity index (χ1) is 14.7. The molecule has 3 aromatic carbocycles. The zero-order chi connectivity index (χ0) is 20.9. The molecule has 150 valence electrons. The molecule has 0 bridgehead atoms. The fourth-order valence-corrected chi connectivity index (χ4v) is 3.46. The summed E-state index contributed by atoms with van der Waals surface area (Å²) in [5.74, 6) is 0. The van der Waals surface area contributed by atoms with E-state index in [1.54, 1.807) is 16.8 Å². The lowest BCUT2D eigenvalue weighted by atomic mass is 10.00. The molecular weight excluding hydrogens is 378 g/mol. The molecular formula is C24H21N3O3. The van der Waals surface area contributed by atoms with Crippen LogP contribution in [0.4, 0.5) is 0 Å². The molecule has 6 nitrogen and oxygen atoms in total. The molecule has 4 rings (SSSR count). The monoisotopic (exact) mass is 399 g/mol. The highest BCUT2D eigenvalue weighted by molar-refractivity contribution is 6.13. The van der Waals surface area contributed by atoms with Crippen molar-refractivity contribution in [1.29, 1.82) is 0 Å². The quantitative estimate of drug-likeness (QED) is 0.300. The number of H-pyrrole nitrogens is 1. The van der Waals surface area contributed by atoms with Crippen LogP contribution in [0, 0.1) is 5.21 Å². The maximum absolute atomic E-state index is 12.2. The van der Waals surface area contributed by atoms with Gasteiger partial charge in [-0.1, -0.05) is 55.8 Å². The minimum absolute atomic E-state index is 0.374. The van der Waals surface area contributed by atoms with Gasteiger partial charge in [0.1, 0.15) is 0 Å². The van der Waals surface area contributed by atoms with E-state index in [-0.39, 0.29) is 0 Å². The zero-order valence-corrected chi connectivity index (χ0v) is 16.5. The van der Waals surface area contributed by atoms with E-state index in [1.165, 1.54) is 5.56 Å². The maximum atomic E-state index is 12.2. The molecule has 0 atom stereocenters. The van der Waals surface area contributed by atoms with Crippen molar-refractivity contribution in [2.75, 3.05) is 0 Å². The first kappa shape index (κ1) is 19.4. The molecule has 0 saturated heterocycles. The molecule has 0 saturated carbocycles. The first-order valence-corrected chi connectivity index (χ1v) is 9.80. The summed E-state index contributed by atoms with van der Waals surface area (Å²) in [7, 11) is 0. The average Bonchev–Trinajstić information content (AvgIpc) is 3.18. The number of hydrogen-bond donors (Lipinski definition) is 1. The van der Waals surface area contributed by atoms with Crippen molar-refractivity contribution in [2.24, 2.45) is 5.16 Å².